The van der Waals surface area contributed by atoms with Crippen LogP contribution in [0.5, 0.6) is 11.5 Å². The molecule has 0 unspecified atom stereocenters. The first-order valence-corrected chi connectivity index (χ1v) is 9.07. The summed E-state index contributed by atoms with van der Waals surface area (Å²) < 4.78 is 29.6. The van der Waals surface area contributed by atoms with E-state index in [1.807, 2.05) is 12.3 Å². The largest absolute Gasteiger partial charge is 0.494 e. The fourth-order valence-electron chi connectivity index (χ4n) is 2.41. The number of aromatic nitrogens is 1. The average molecular weight is 387 g/mol. The maximum atomic E-state index is 13.7. The predicted molar refractivity (Wildman–Crippen MR) is 99.7 cm³/mol. The molecule has 27 heavy (non-hydrogen) atoms. The van der Waals surface area contributed by atoms with E-state index in [-0.39, 0.29) is 19.0 Å². The Morgan fingerprint density at radius 2 is 1.96 bits per heavy atom. The van der Waals surface area contributed by atoms with Gasteiger partial charge in [-0.1, -0.05) is 18.2 Å². The monoisotopic (exact) mass is 387 g/mol. The van der Waals surface area contributed by atoms with Gasteiger partial charge in [0.15, 0.2) is 11.6 Å². The number of thiazole rings is 1. The summed E-state index contributed by atoms with van der Waals surface area (Å²) in [6.07, 6.45) is 0. The van der Waals surface area contributed by atoms with Crippen LogP contribution in [-0.4, -0.2) is 18.1 Å². The van der Waals surface area contributed by atoms with E-state index < -0.39 is 11.8 Å². The van der Waals surface area contributed by atoms with E-state index in [2.05, 4.69) is 4.98 Å². The van der Waals surface area contributed by atoms with Gasteiger partial charge in [-0.3, -0.25) is 0 Å². The second kappa shape index (κ2) is 8.64. The van der Waals surface area contributed by atoms with Crippen LogP contribution in [0.25, 0.3) is 0 Å². The van der Waals surface area contributed by atoms with Gasteiger partial charge in [0.2, 0.25) is 0 Å². The summed E-state index contributed by atoms with van der Waals surface area (Å²) in [5.41, 5.74) is 1.63. The van der Waals surface area contributed by atoms with Crippen LogP contribution >= 0.6 is 11.3 Å². The van der Waals surface area contributed by atoms with Crippen molar-refractivity contribution in [3.05, 3.63) is 75.5 Å². The zero-order valence-electron chi connectivity index (χ0n) is 14.9. The second-order valence-electron chi connectivity index (χ2n) is 5.69. The molecule has 3 rings (SSSR count). The van der Waals surface area contributed by atoms with Crippen molar-refractivity contribution in [1.82, 2.24) is 4.98 Å². The Kier molecular flexibility index (Phi) is 6.03. The molecule has 0 radical (unpaired) electrons. The number of nitrogens with zero attached hydrogens (tertiary/aromatic N) is 1. The van der Waals surface area contributed by atoms with E-state index in [4.69, 9.17) is 14.2 Å². The molecule has 0 N–H and O–H groups in total. The average Bonchev–Trinajstić information content (AvgIpc) is 3.10. The number of rotatable bonds is 7. The molecule has 0 aliphatic rings. The summed E-state index contributed by atoms with van der Waals surface area (Å²) in [6.45, 7) is 2.12. The lowest BCUT2D eigenvalue weighted by atomic mass is 10.2. The highest BCUT2D eigenvalue weighted by Gasteiger charge is 2.15. The molecule has 0 saturated carbocycles. The van der Waals surface area contributed by atoms with Gasteiger partial charge in [0.1, 0.15) is 24.5 Å². The summed E-state index contributed by atoms with van der Waals surface area (Å²) in [5.74, 6) is -0.500. The zero-order chi connectivity index (χ0) is 19.2. The Hall–Kier alpha value is -2.93. The minimum Gasteiger partial charge on any atom is -0.494 e. The van der Waals surface area contributed by atoms with Crippen LogP contribution in [0.15, 0.2) is 47.8 Å². The van der Waals surface area contributed by atoms with Gasteiger partial charge in [-0.05, 0) is 36.8 Å². The topological polar surface area (TPSA) is 57.7 Å². The third kappa shape index (κ3) is 4.83. The highest BCUT2D eigenvalue weighted by Crippen LogP contribution is 2.22. The van der Waals surface area contributed by atoms with E-state index in [9.17, 15) is 9.18 Å². The van der Waals surface area contributed by atoms with Crippen LogP contribution in [0.2, 0.25) is 0 Å². The standard InChI is InChI=1S/C20H18FNO4S/c1-13-22-15(12-27-13)11-25-18-6-4-3-5-16(18)20(23)26-10-14-7-8-19(24-2)17(21)9-14/h3-9,12H,10-11H2,1-2H3. The smallest absolute Gasteiger partial charge is 0.342 e. The van der Waals surface area contributed by atoms with Crippen LogP contribution in [0.3, 0.4) is 0 Å². The first-order chi connectivity index (χ1) is 13.1. The molecule has 7 heteroatoms. The fraction of sp³-hybridized carbons (Fsp3) is 0.200. The number of halogens is 1. The van der Waals surface area contributed by atoms with Crippen molar-refractivity contribution in [2.24, 2.45) is 0 Å². The van der Waals surface area contributed by atoms with Gasteiger partial charge in [0.25, 0.3) is 0 Å². The van der Waals surface area contributed by atoms with Gasteiger partial charge in [0, 0.05) is 5.38 Å². The molecular weight excluding hydrogens is 369 g/mol. The highest BCUT2D eigenvalue weighted by atomic mass is 32.1. The maximum absolute atomic E-state index is 13.7. The molecule has 0 saturated heterocycles. The first kappa shape index (κ1) is 18.8. The van der Waals surface area contributed by atoms with E-state index in [1.165, 1.54) is 30.6 Å². The number of hydrogen-bond donors (Lipinski definition) is 0. The Morgan fingerprint density at radius 3 is 2.67 bits per heavy atom. The zero-order valence-corrected chi connectivity index (χ0v) is 15.7. The molecule has 0 bridgehead atoms. The number of hydrogen-bond acceptors (Lipinski definition) is 6. The van der Waals surface area contributed by atoms with Crippen molar-refractivity contribution in [3.63, 3.8) is 0 Å². The van der Waals surface area contributed by atoms with Crippen molar-refractivity contribution < 1.29 is 23.4 Å². The van der Waals surface area contributed by atoms with Crippen molar-refractivity contribution in [2.45, 2.75) is 20.1 Å². The van der Waals surface area contributed by atoms with Crippen molar-refractivity contribution in [2.75, 3.05) is 7.11 Å². The Bertz CT molecular complexity index is 941. The lowest BCUT2D eigenvalue weighted by Gasteiger charge is -2.11. The van der Waals surface area contributed by atoms with E-state index >= 15 is 0 Å². The summed E-state index contributed by atoms with van der Waals surface area (Å²) in [4.78, 5) is 16.8. The molecule has 0 aliphatic heterocycles. The van der Waals surface area contributed by atoms with Gasteiger partial charge in [-0.25, -0.2) is 14.2 Å². The molecule has 5 nitrogen and oxygen atoms in total. The van der Waals surface area contributed by atoms with E-state index in [0.29, 0.717) is 16.9 Å². The Morgan fingerprint density at radius 1 is 1.15 bits per heavy atom. The van der Waals surface area contributed by atoms with Gasteiger partial charge in [-0.2, -0.15) is 0 Å². The molecule has 0 fully saturated rings. The summed E-state index contributed by atoms with van der Waals surface area (Å²) in [6, 6.07) is 11.2. The van der Waals surface area contributed by atoms with Crippen molar-refractivity contribution in [1.29, 1.82) is 0 Å². The number of esters is 1. The number of ether oxygens (including phenoxy) is 3. The molecule has 0 atom stereocenters. The maximum Gasteiger partial charge on any atom is 0.342 e. The Labute approximate surface area is 160 Å². The number of aryl methyl sites for hydroxylation is 1. The third-order valence-electron chi connectivity index (χ3n) is 3.74. The molecule has 2 aromatic carbocycles. The Balaban J connectivity index is 1.65. The number of carbonyl (C=O) groups is 1. The molecule has 1 aromatic heterocycles. The van der Waals surface area contributed by atoms with Crippen LogP contribution in [0.1, 0.15) is 26.6 Å². The number of methoxy groups -OCH3 is 1. The summed E-state index contributed by atoms with van der Waals surface area (Å²) >= 11 is 1.54. The van der Waals surface area contributed by atoms with Crippen LogP contribution in [0.4, 0.5) is 4.39 Å². The van der Waals surface area contributed by atoms with Gasteiger partial charge in [0.05, 0.1) is 17.8 Å². The van der Waals surface area contributed by atoms with Crippen LogP contribution < -0.4 is 9.47 Å². The van der Waals surface area contributed by atoms with E-state index in [1.54, 1.807) is 30.3 Å². The molecule has 0 amide bonds. The molecule has 140 valence electrons. The molecular formula is C20H18FNO4S. The fourth-order valence-corrected chi connectivity index (χ4v) is 3.01. The van der Waals surface area contributed by atoms with Crippen molar-refractivity contribution >= 4 is 17.3 Å². The SMILES string of the molecule is COc1ccc(COC(=O)c2ccccc2OCc2csc(C)n2)cc1F. The van der Waals surface area contributed by atoms with Crippen LogP contribution in [-0.2, 0) is 18.0 Å². The van der Waals surface area contributed by atoms with Gasteiger partial charge in [-0.15, -0.1) is 11.3 Å². The second-order valence-corrected chi connectivity index (χ2v) is 6.75. The normalized spacial score (nSPS) is 10.5. The van der Waals surface area contributed by atoms with E-state index in [0.717, 1.165) is 10.7 Å². The van der Waals surface area contributed by atoms with Crippen molar-refractivity contribution in [3.8, 4) is 11.5 Å². The minimum atomic E-state index is -0.545. The lowest BCUT2D eigenvalue weighted by molar-refractivity contribution is 0.0467. The van der Waals surface area contributed by atoms with Crippen LogP contribution in [0, 0.1) is 12.7 Å². The predicted octanol–water partition coefficient (Wildman–Crippen LogP) is 4.54. The molecule has 0 spiro atoms. The number of carbonyl (C=O) groups excluding carboxylic acids is 1. The highest BCUT2D eigenvalue weighted by molar-refractivity contribution is 7.09. The molecule has 0 aliphatic carbocycles. The van der Waals surface area contributed by atoms with Gasteiger partial charge < -0.3 is 14.2 Å². The minimum absolute atomic E-state index is 0.0562. The lowest BCUT2D eigenvalue weighted by Crippen LogP contribution is -2.08. The third-order valence-corrected chi connectivity index (χ3v) is 4.56. The first-order valence-electron chi connectivity index (χ1n) is 8.19. The quantitative estimate of drug-likeness (QED) is 0.557. The number of benzene rings is 2. The molecule has 3 aromatic rings. The molecule has 1 heterocycles. The summed E-state index contributed by atoms with van der Waals surface area (Å²) in [5, 5.41) is 2.86. The summed E-state index contributed by atoms with van der Waals surface area (Å²) in [7, 11) is 1.39. The number of para-hydroxylation sites is 1. The van der Waals surface area contributed by atoms with Gasteiger partial charge >= 0.3 is 5.97 Å².